The van der Waals surface area contributed by atoms with Crippen molar-refractivity contribution in [1.82, 2.24) is 0 Å². The highest BCUT2D eigenvalue weighted by Crippen LogP contribution is 2.18. The van der Waals surface area contributed by atoms with Gasteiger partial charge in [-0.15, -0.1) is 11.3 Å². The largest absolute Gasteiger partial charge is 0.380 e. The van der Waals surface area contributed by atoms with Crippen molar-refractivity contribution in [3.05, 3.63) is 50.6 Å². The number of nitriles is 1. The highest BCUT2D eigenvalue weighted by molar-refractivity contribution is 9.10. The molecule has 80 valence electrons. The lowest BCUT2D eigenvalue weighted by molar-refractivity contribution is 1.19. The Labute approximate surface area is 107 Å². The first-order valence-corrected chi connectivity index (χ1v) is 6.42. The molecule has 0 aliphatic carbocycles. The van der Waals surface area contributed by atoms with Crippen LogP contribution in [0, 0.1) is 11.3 Å². The lowest BCUT2D eigenvalue weighted by Crippen LogP contribution is -1.96. The summed E-state index contributed by atoms with van der Waals surface area (Å²) in [6.07, 6.45) is 0. The highest BCUT2D eigenvalue weighted by atomic mass is 79.9. The normalized spacial score (nSPS) is 9.75. The maximum absolute atomic E-state index is 8.70. The van der Waals surface area contributed by atoms with E-state index < -0.39 is 0 Å². The van der Waals surface area contributed by atoms with Crippen molar-refractivity contribution in [3.8, 4) is 6.07 Å². The first-order chi connectivity index (χ1) is 7.78. The second kappa shape index (κ2) is 5.15. The van der Waals surface area contributed by atoms with Gasteiger partial charge in [0.15, 0.2) is 0 Å². The van der Waals surface area contributed by atoms with Gasteiger partial charge >= 0.3 is 0 Å². The van der Waals surface area contributed by atoms with Gasteiger partial charge in [0, 0.05) is 27.0 Å². The van der Waals surface area contributed by atoms with Crippen LogP contribution >= 0.6 is 27.3 Å². The van der Waals surface area contributed by atoms with Crippen LogP contribution in [0.2, 0.25) is 0 Å². The maximum Gasteiger partial charge on any atom is 0.100 e. The number of anilines is 1. The quantitative estimate of drug-likeness (QED) is 0.928. The smallest absolute Gasteiger partial charge is 0.100 e. The average Bonchev–Trinajstić information content (AvgIpc) is 2.76. The summed E-state index contributed by atoms with van der Waals surface area (Å²) in [7, 11) is 0. The minimum absolute atomic E-state index is 0.734. The van der Waals surface area contributed by atoms with Gasteiger partial charge in [0.05, 0.1) is 5.56 Å². The fourth-order valence-electron chi connectivity index (χ4n) is 1.29. The van der Waals surface area contributed by atoms with Crippen molar-refractivity contribution in [3.63, 3.8) is 0 Å². The molecule has 0 amide bonds. The van der Waals surface area contributed by atoms with E-state index in [0.717, 1.165) is 22.3 Å². The molecule has 1 aromatic carbocycles. The van der Waals surface area contributed by atoms with Gasteiger partial charge in [-0.3, -0.25) is 0 Å². The molecule has 0 unspecified atom stereocenters. The topological polar surface area (TPSA) is 35.8 Å². The minimum atomic E-state index is 0.734. The molecule has 1 aromatic heterocycles. The summed E-state index contributed by atoms with van der Waals surface area (Å²) < 4.78 is 1.07. The summed E-state index contributed by atoms with van der Waals surface area (Å²) in [6, 6.07) is 12.1. The van der Waals surface area contributed by atoms with Crippen LogP contribution in [0.15, 0.2) is 40.2 Å². The molecule has 0 radical (unpaired) electrons. The van der Waals surface area contributed by atoms with Crippen molar-refractivity contribution >= 4 is 33.0 Å². The number of hydrogen-bond donors (Lipinski definition) is 1. The number of hydrogen-bond acceptors (Lipinski definition) is 3. The van der Waals surface area contributed by atoms with E-state index in [1.54, 1.807) is 11.3 Å². The number of benzene rings is 1. The van der Waals surface area contributed by atoms with Gasteiger partial charge in [-0.05, 0) is 30.3 Å². The number of halogens is 1. The molecule has 0 bridgehead atoms. The molecule has 0 aliphatic rings. The molecule has 2 nitrogen and oxygen atoms in total. The molecule has 16 heavy (non-hydrogen) atoms. The van der Waals surface area contributed by atoms with Crippen molar-refractivity contribution in [2.45, 2.75) is 6.54 Å². The van der Waals surface area contributed by atoms with E-state index >= 15 is 0 Å². The third-order valence-electron chi connectivity index (χ3n) is 2.09. The first kappa shape index (κ1) is 11.2. The van der Waals surface area contributed by atoms with Gasteiger partial charge in [-0.2, -0.15) is 5.26 Å². The zero-order chi connectivity index (χ0) is 11.4. The van der Waals surface area contributed by atoms with Gasteiger partial charge in [-0.25, -0.2) is 0 Å². The molecule has 0 aliphatic heterocycles. The zero-order valence-electron chi connectivity index (χ0n) is 8.40. The lowest BCUT2D eigenvalue weighted by Gasteiger charge is -2.04. The summed E-state index contributed by atoms with van der Waals surface area (Å²) in [5.74, 6) is 0. The van der Waals surface area contributed by atoms with Gasteiger partial charge in [-0.1, -0.05) is 15.9 Å². The Bertz CT molecular complexity index is 511. The van der Waals surface area contributed by atoms with Crippen LogP contribution in [0.1, 0.15) is 10.4 Å². The molecule has 1 N–H and O–H groups in total. The summed E-state index contributed by atoms with van der Waals surface area (Å²) in [5.41, 5.74) is 1.81. The molecular formula is C12H9BrN2S. The molecule has 0 saturated carbocycles. The lowest BCUT2D eigenvalue weighted by atomic mass is 10.3. The van der Waals surface area contributed by atoms with Gasteiger partial charge < -0.3 is 5.32 Å². The van der Waals surface area contributed by atoms with Crippen molar-refractivity contribution in [2.75, 3.05) is 5.32 Å². The molecule has 0 saturated heterocycles. The molecule has 0 atom stereocenters. The van der Waals surface area contributed by atoms with Crippen LogP contribution in [-0.4, -0.2) is 0 Å². The predicted molar refractivity (Wildman–Crippen MR) is 70.5 cm³/mol. The Morgan fingerprint density at radius 2 is 2.06 bits per heavy atom. The van der Waals surface area contributed by atoms with Gasteiger partial charge in [0.25, 0.3) is 0 Å². The summed E-state index contributed by atoms with van der Waals surface area (Å²) >= 11 is 4.99. The van der Waals surface area contributed by atoms with E-state index in [1.165, 1.54) is 4.88 Å². The predicted octanol–water partition coefficient (Wildman–Crippen LogP) is 3.99. The van der Waals surface area contributed by atoms with Crippen LogP contribution in [0.25, 0.3) is 0 Å². The summed E-state index contributed by atoms with van der Waals surface area (Å²) in [6.45, 7) is 0.758. The van der Waals surface area contributed by atoms with Crippen LogP contribution in [0.4, 0.5) is 5.69 Å². The highest BCUT2D eigenvalue weighted by Gasteiger charge is 1.98. The average molecular weight is 293 g/mol. The van der Waals surface area contributed by atoms with Crippen molar-refractivity contribution in [1.29, 1.82) is 5.26 Å². The molecule has 4 heteroatoms. The Hall–Kier alpha value is -1.31. The Kier molecular flexibility index (Phi) is 3.60. The number of thiophene rings is 1. The fourth-order valence-corrected chi connectivity index (χ4v) is 2.30. The molecule has 0 spiro atoms. The maximum atomic E-state index is 8.70. The summed E-state index contributed by atoms with van der Waals surface area (Å²) in [5, 5.41) is 13.9. The zero-order valence-corrected chi connectivity index (χ0v) is 10.8. The van der Waals surface area contributed by atoms with E-state index in [2.05, 4.69) is 27.3 Å². The Balaban J connectivity index is 1.97. The second-order valence-electron chi connectivity index (χ2n) is 3.27. The van der Waals surface area contributed by atoms with Gasteiger partial charge in [0.2, 0.25) is 0 Å². The number of nitrogens with one attached hydrogen (secondary N) is 1. The van der Waals surface area contributed by atoms with Crippen LogP contribution in [0.3, 0.4) is 0 Å². The van der Waals surface area contributed by atoms with Crippen LogP contribution < -0.4 is 5.32 Å². The Morgan fingerprint density at radius 1 is 1.31 bits per heavy atom. The fraction of sp³-hybridized carbons (Fsp3) is 0.0833. The monoisotopic (exact) mass is 292 g/mol. The third kappa shape index (κ3) is 2.84. The van der Waals surface area contributed by atoms with E-state index in [9.17, 15) is 0 Å². The van der Waals surface area contributed by atoms with Crippen LogP contribution in [0.5, 0.6) is 0 Å². The minimum Gasteiger partial charge on any atom is -0.380 e. The van der Waals surface area contributed by atoms with Crippen molar-refractivity contribution < 1.29 is 0 Å². The molecule has 1 heterocycles. The Morgan fingerprint density at radius 3 is 2.69 bits per heavy atom. The molecule has 2 rings (SSSR count). The SMILES string of the molecule is N#Cc1csc(CNc2ccc(Br)cc2)c1. The third-order valence-corrected chi connectivity index (χ3v) is 3.56. The number of rotatable bonds is 3. The van der Waals surface area contributed by atoms with Gasteiger partial charge in [0.1, 0.15) is 6.07 Å². The van der Waals surface area contributed by atoms with E-state index in [0.29, 0.717) is 0 Å². The molecule has 0 fully saturated rings. The van der Waals surface area contributed by atoms with Crippen molar-refractivity contribution in [2.24, 2.45) is 0 Å². The summed E-state index contributed by atoms with van der Waals surface area (Å²) in [4.78, 5) is 1.17. The standard InChI is InChI=1S/C12H9BrN2S/c13-10-1-3-11(4-2-10)15-7-12-5-9(6-14)8-16-12/h1-5,8,15H,7H2. The molecule has 2 aromatic rings. The van der Waals surface area contributed by atoms with E-state index in [4.69, 9.17) is 5.26 Å². The second-order valence-corrected chi connectivity index (χ2v) is 5.19. The molecular weight excluding hydrogens is 284 g/mol. The van der Waals surface area contributed by atoms with E-state index in [-0.39, 0.29) is 0 Å². The first-order valence-electron chi connectivity index (χ1n) is 4.75. The van der Waals surface area contributed by atoms with Crippen LogP contribution in [-0.2, 0) is 6.54 Å². The van der Waals surface area contributed by atoms with E-state index in [1.807, 2.05) is 35.7 Å². The number of nitrogens with zero attached hydrogens (tertiary/aromatic N) is 1.